The zero-order chi connectivity index (χ0) is 9.90. The predicted octanol–water partition coefficient (Wildman–Crippen LogP) is 1.88. The number of β-amino-alcohol motifs (C(OH)–C–C–N with tert-alkyl or cyclic N) is 1. The molecular formula is C11H23NO. The van der Waals surface area contributed by atoms with Gasteiger partial charge in [0, 0.05) is 6.54 Å². The Morgan fingerprint density at radius 2 is 2.00 bits per heavy atom. The molecule has 1 N–H and O–H groups in total. The fourth-order valence-corrected chi connectivity index (χ4v) is 2.04. The molecular weight excluding hydrogens is 162 g/mol. The Morgan fingerprint density at radius 1 is 1.31 bits per heavy atom. The number of nitrogens with zero attached hydrogens (tertiary/aromatic N) is 1. The van der Waals surface area contributed by atoms with E-state index in [1.165, 1.54) is 19.3 Å². The number of hydrogen-bond donors (Lipinski definition) is 1. The van der Waals surface area contributed by atoms with E-state index in [-0.39, 0.29) is 6.10 Å². The van der Waals surface area contributed by atoms with Crippen LogP contribution < -0.4 is 0 Å². The molecule has 1 aliphatic heterocycles. The van der Waals surface area contributed by atoms with Gasteiger partial charge in [0.05, 0.1) is 6.10 Å². The van der Waals surface area contributed by atoms with Gasteiger partial charge in [-0.25, -0.2) is 0 Å². The normalized spacial score (nSPS) is 26.8. The first-order valence-electron chi connectivity index (χ1n) is 5.40. The Hall–Kier alpha value is -0.0800. The van der Waals surface area contributed by atoms with Crippen LogP contribution in [0.4, 0.5) is 0 Å². The van der Waals surface area contributed by atoms with E-state index in [1.54, 1.807) is 0 Å². The fourth-order valence-electron chi connectivity index (χ4n) is 2.04. The maximum atomic E-state index is 9.28. The Kier molecular flexibility index (Phi) is 3.74. The highest BCUT2D eigenvalue weighted by atomic mass is 16.3. The monoisotopic (exact) mass is 185 g/mol. The first kappa shape index (κ1) is 11.0. The number of aliphatic hydroxyl groups excluding tert-OH is 1. The molecule has 1 fully saturated rings. The van der Waals surface area contributed by atoms with Crippen LogP contribution in [-0.2, 0) is 0 Å². The maximum Gasteiger partial charge on any atom is 0.0639 e. The van der Waals surface area contributed by atoms with E-state index in [1.807, 2.05) is 6.92 Å². The molecule has 1 rings (SSSR count). The molecule has 0 bridgehead atoms. The molecule has 0 aromatic rings. The minimum Gasteiger partial charge on any atom is -0.392 e. The SMILES string of the molecule is C[C@@H](O)CN1CCCC(C)(C)CC1. The van der Waals surface area contributed by atoms with Crippen molar-refractivity contribution in [1.29, 1.82) is 0 Å². The molecule has 0 unspecified atom stereocenters. The fraction of sp³-hybridized carbons (Fsp3) is 1.00. The van der Waals surface area contributed by atoms with Crippen LogP contribution >= 0.6 is 0 Å². The molecule has 1 saturated heterocycles. The molecule has 0 aromatic heterocycles. The predicted molar refractivity (Wildman–Crippen MR) is 55.8 cm³/mol. The molecule has 78 valence electrons. The lowest BCUT2D eigenvalue weighted by Crippen LogP contribution is -2.32. The van der Waals surface area contributed by atoms with Crippen molar-refractivity contribution in [1.82, 2.24) is 4.90 Å². The highest BCUT2D eigenvalue weighted by molar-refractivity contribution is 4.76. The van der Waals surface area contributed by atoms with Gasteiger partial charge in [-0.1, -0.05) is 13.8 Å². The molecule has 0 amide bonds. The third-order valence-electron chi connectivity index (χ3n) is 2.96. The quantitative estimate of drug-likeness (QED) is 0.710. The average molecular weight is 185 g/mol. The average Bonchev–Trinajstić information content (AvgIpc) is 2.12. The summed E-state index contributed by atoms with van der Waals surface area (Å²) in [6, 6.07) is 0. The molecule has 0 spiro atoms. The van der Waals surface area contributed by atoms with Gasteiger partial charge in [-0.15, -0.1) is 0 Å². The molecule has 0 radical (unpaired) electrons. The van der Waals surface area contributed by atoms with Gasteiger partial charge in [0.15, 0.2) is 0 Å². The first-order valence-corrected chi connectivity index (χ1v) is 5.40. The highest BCUT2D eigenvalue weighted by Gasteiger charge is 2.23. The van der Waals surface area contributed by atoms with Crippen LogP contribution in [0.15, 0.2) is 0 Å². The van der Waals surface area contributed by atoms with Crippen molar-refractivity contribution in [3.8, 4) is 0 Å². The summed E-state index contributed by atoms with van der Waals surface area (Å²) in [6.07, 6.45) is 3.68. The lowest BCUT2D eigenvalue weighted by atomic mass is 9.85. The van der Waals surface area contributed by atoms with E-state index in [2.05, 4.69) is 18.7 Å². The van der Waals surface area contributed by atoms with Gasteiger partial charge in [0.1, 0.15) is 0 Å². The second kappa shape index (κ2) is 4.43. The van der Waals surface area contributed by atoms with Crippen molar-refractivity contribution in [2.45, 2.75) is 46.1 Å². The van der Waals surface area contributed by atoms with E-state index in [4.69, 9.17) is 0 Å². The van der Waals surface area contributed by atoms with Gasteiger partial charge in [0.2, 0.25) is 0 Å². The summed E-state index contributed by atoms with van der Waals surface area (Å²) < 4.78 is 0. The van der Waals surface area contributed by atoms with Gasteiger partial charge >= 0.3 is 0 Å². The molecule has 1 aliphatic rings. The number of rotatable bonds is 2. The van der Waals surface area contributed by atoms with E-state index in [9.17, 15) is 5.11 Å². The minimum absolute atomic E-state index is 0.179. The summed E-state index contributed by atoms with van der Waals surface area (Å²) in [7, 11) is 0. The molecule has 0 aromatic carbocycles. The molecule has 0 saturated carbocycles. The minimum atomic E-state index is -0.179. The van der Waals surface area contributed by atoms with Gasteiger partial charge in [-0.05, 0) is 44.7 Å². The number of aliphatic hydroxyl groups is 1. The Morgan fingerprint density at radius 3 is 2.62 bits per heavy atom. The first-order chi connectivity index (χ1) is 5.99. The summed E-state index contributed by atoms with van der Waals surface area (Å²) >= 11 is 0. The van der Waals surface area contributed by atoms with E-state index >= 15 is 0 Å². The van der Waals surface area contributed by atoms with E-state index in [0.717, 1.165) is 19.6 Å². The summed E-state index contributed by atoms with van der Waals surface area (Å²) in [5.74, 6) is 0. The van der Waals surface area contributed by atoms with Crippen molar-refractivity contribution in [2.75, 3.05) is 19.6 Å². The van der Waals surface area contributed by atoms with Gasteiger partial charge < -0.3 is 10.0 Å². The maximum absolute atomic E-state index is 9.28. The smallest absolute Gasteiger partial charge is 0.0639 e. The van der Waals surface area contributed by atoms with Crippen LogP contribution in [0.25, 0.3) is 0 Å². The third kappa shape index (κ3) is 4.10. The zero-order valence-corrected chi connectivity index (χ0v) is 9.21. The second-order valence-electron chi connectivity index (χ2n) is 5.17. The van der Waals surface area contributed by atoms with E-state index in [0.29, 0.717) is 5.41 Å². The lowest BCUT2D eigenvalue weighted by Gasteiger charge is -2.23. The van der Waals surface area contributed by atoms with Crippen molar-refractivity contribution in [3.05, 3.63) is 0 Å². The third-order valence-corrected chi connectivity index (χ3v) is 2.96. The van der Waals surface area contributed by atoms with Crippen molar-refractivity contribution >= 4 is 0 Å². The lowest BCUT2D eigenvalue weighted by molar-refractivity contribution is 0.126. The van der Waals surface area contributed by atoms with Gasteiger partial charge in [-0.2, -0.15) is 0 Å². The van der Waals surface area contributed by atoms with Crippen LogP contribution in [0, 0.1) is 5.41 Å². The molecule has 2 heteroatoms. The molecule has 13 heavy (non-hydrogen) atoms. The van der Waals surface area contributed by atoms with Crippen LogP contribution in [0.2, 0.25) is 0 Å². The number of likely N-dealkylation sites (tertiary alicyclic amines) is 1. The van der Waals surface area contributed by atoms with Crippen LogP contribution in [0.1, 0.15) is 40.0 Å². The van der Waals surface area contributed by atoms with Gasteiger partial charge in [0.25, 0.3) is 0 Å². The molecule has 1 heterocycles. The Balaban J connectivity index is 2.36. The van der Waals surface area contributed by atoms with Crippen molar-refractivity contribution in [3.63, 3.8) is 0 Å². The summed E-state index contributed by atoms with van der Waals surface area (Å²) in [6.45, 7) is 9.72. The van der Waals surface area contributed by atoms with E-state index < -0.39 is 0 Å². The van der Waals surface area contributed by atoms with Gasteiger partial charge in [-0.3, -0.25) is 0 Å². The van der Waals surface area contributed by atoms with Crippen LogP contribution in [0.5, 0.6) is 0 Å². The van der Waals surface area contributed by atoms with Crippen LogP contribution in [-0.4, -0.2) is 35.7 Å². The molecule has 1 atom stereocenters. The molecule has 2 nitrogen and oxygen atoms in total. The largest absolute Gasteiger partial charge is 0.392 e. The zero-order valence-electron chi connectivity index (χ0n) is 9.21. The molecule has 0 aliphatic carbocycles. The summed E-state index contributed by atoms with van der Waals surface area (Å²) in [4.78, 5) is 2.39. The van der Waals surface area contributed by atoms with Crippen LogP contribution in [0.3, 0.4) is 0 Å². The number of hydrogen-bond acceptors (Lipinski definition) is 2. The topological polar surface area (TPSA) is 23.5 Å². The second-order valence-corrected chi connectivity index (χ2v) is 5.17. The summed E-state index contributed by atoms with van der Waals surface area (Å²) in [5, 5.41) is 9.28. The van der Waals surface area contributed by atoms with Crippen molar-refractivity contribution < 1.29 is 5.11 Å². The summed E-state index contributed by atoms with van der Waals surface area (Å²) in [5.41, 5.74) is 0.507. The highest BCUT2D eigenvalue weighted by Crippen LogP contribution is 2.29. The standard InChI is InChI=1S/C11H23NO/c1-10(13)9-12-7-4-5-11(2,3)6-8-12/h10,13H,4-9H2,1-3H3/t10-/m1/s1. The Labute approximate surface area is 81.9 Å². The Bertz CT molecular complexity index is 154. The van der Waals surface area contributed by atoms with Crippen molar-refractivity contribution in [2.24, 2.45) is 5.41 Å².